The molecule has 29 heavy (non-hydrogen) atoms. The van der Waals surface area contributed by atoms with Crippen molar-refractivity contribution in [3.8, 4) is 5.75 Å². The molecule has 1 aromatic heterocycles. The molecule has 166 valence electrons. The van der Waals surface area contributed by atoms with Gasteiger partial charge in [-0.3, -0.25) is 9.78 Å². The molecule has 1 heterocycles. The van der Waals surface area contributed by atoms with Crippen LogP contribution in [-0.2, 0) is 22.7 Å². The van der Waals surface area contributed by atoms with E-state index < -0.39 is 0 Å². The van der Waals surface area contributed by atoms with Crippen LogP contribution in [0.15, 0.2) is 6.20 Å². The van der Waals surface area contributed by atoms with Crippen molar-refractivity contribution < 1.29 is 19.7 Å². The highest BCUT2D eigenvalue weighted by Gasteiger charge is 2.13. The van der Waals surface area contributed by atoms with E-state index in [9.17, 15) is 15.0 Å². The molecule has 0 atom stereocenters. The summed E-state index contributed by atoms with van der Waals surface area (Å²) in [6, 6.07) is 0. The number of nitrogens with zero attached hydrogens (tertiary/aromatic N) is 1. The summed E-state index contributed by atoms with van der Waals surface area (Å²) in [7, 11) is 0. The normalized spacial score (nSPS) is 11.0. The molecule has 1 rings (SSSR count). The fourth-order valence-electron chi connectivity index (χ4n) is 3.49. The molecule has 0 saturated carbocycles. The lowest BCUT2D eigenvalue weighted by Gasteiger charge is -2.12. The molecule has 5 heteroatoms. The van der Waals surface area contributed by atoms with Gasteiger partial charge in [-0.15, -0.1) is 0 Å². The van der Waals surface area contributed by atoms with Gasteiger partial charge >= 0.3 is 5.97 Å². The average Bonchev–Trinajstić information content (AvgIpc) is 2.72. The zero-order chi connectivity index (χ0) is 21.3. The number of carbonyl (C=O) groups excluding carboxylic acids is 1. The maximum atomic E-state index is 11.9. The summed E-state index contributed by atoms with van der Waals surface area (Å²) >= 11 is 0. The molecular weight excluding hydrogens is 366 g/mol. The van der Waals surface area contributed by atoms with E-state index in [0.717, 1.165) is 12.8 Å². The summed E-state index contributed by atoms with van der Waals surface area (Å²) in [4.78, 5) is 15.9. The Morgan fingerprint density at radius 3 is 1.97 bits per heavy atom. The standard InChI is InChI=1S/C24H41NO4/c1-3-4-5-6-7-8-9-10-11-12-13-14-15-16-23(27)29-19-22-21(18-26)17-25-20(2)24(22)28/h17,26,28H,3-16,18-19H2,1-2H3. The maximum absolute atomic E-state index is 11.9. The van der Waals surface area contributed by atoms with Crippen molar-refractivity contribution in [2.24, 2.45) is 0 Å². The predicted molar refractivity (Wildman–Crippen MR) is 117 cm³/mol. The van der Waals surface area contributed by atoms with Crippen LogP contribution in [0.4, 0.5) is 0 Å². The van der Waals surface area contributed by atoms with Crippen LogP contribution in [0.3, 0.4) is 0 Å². The number of rotatable bonds is 17. The van der Waals surface area contributed by atoms with Crippen molar-refractivity contribution >= 4 is 5.97 Å². The van der Waals surface area contributed by atoms with Crippen LogP contribution < -0.4 is 0 Å². The van der Waals surface area contributed by atoms with Gasteiger partial charge in [0.1, 0.15) is 12.4 Å². The molecule has 0 unspecified atom stereocenters. The minimum atomic E-state index is -0.258. The third-order valence-electron chi connectivity index (χ3n) is 5.46. The Morgan fingerprint density at radius 1 is 0.931 bits per heavy atom. The number of pyridine rings is 1. The molecule has 0 radical (unpaired) electrons. The van der Waals surface area contributed by atoms with Crippen LogP contribution in [0.5, 0.6) is 5.75 Å². The molecule has 0 aliphatic heterocycles. The Morgan fingerprint density at radius 2 is 1.45 bits per heavy atom. The number of hydrogen-bond acceptors (Lipinski definition) is 5. The van der Waals surface area contributed by atoms with Crippen molar-refractivity contribution in [2.45, 2.75) is 117 Å². The maximum Gasteiger partial charge on any atom is 0.306 e. The number of unbranched alkanes of at least 4 members (excludes halogenated alkanes) is 12. The highest BCUT2D eigenvalue weighted by Crippen LogP contribution is 2.25. The molecule has 0 saturated heterocycles. The molecule has 1 aromatic rings. The van der Waals surface area contributed by atoms with E-state index in [4.69, 9.17) is 4.74 Å². The number of aliphatic hydroxyl groups is 1. The number of ether oxygens (including phenoxy) is 1. The van der Waals surface area contributed by atoms with Gasteiger partial charge in [-0.25, -0.2) is 0 Å². The largest absolute Gasteiger partial charge is 0.506 e. The quantitative estimate of drug-likeness (QED) is 0.240. The third kappa shape index (κ3) is 11.2. The van der Waals surface area contributed by atoms with E-state index in [1.807, 2.05) is 0 Å². The Bertz CT molecular complexity index is 574. The first-order chi connectivity index (χ1) is 14.1. The van der Waals surface area contributed by atoms with Crippen molar-refractivity contribution in [1.29, 1.82) is 0 Å². The molecule has 0 aliphatic carbocycles. The van der Waals surface area contributed by atoms with Crippen molar-refractivity contribution in [3.63, 3.8) is 0 Å². The van der Waals surface area contributed by atoms with Crippen LogP contribution in [0, 0.1) is 6.92 Å². The van der Waals surface area contributed by atoms with E-state index in [0.29, 0.717) is 23.2 Å². The lowest BCUT2D eigenvalue weighted by atomic mass is 10.0. The lowest BCUT2D eigenvalue weighted by Crippen LogP contribution is -2.07. The van der Waals surface area contributed by atoms with Crippen LogP contribution in [0.1, 0.15) is 114 Å². The highest BCUT2D eigenvalue weighted by atomic mass is 16.5. The average molecular weight is 408 g/mol. The molecule has 5 nitrogen and oxygen atoms in total. The highest BCUT2D eigenvalue weighted by molar-refractivity contribution is 5.69. The number of aromatic hydroxyl groups is 1. The van der Waals surface area contributed by atoms with Gasteiger partial charge < -0.3 is 14.9 Å². The molecule has 2 N–H and O–H groups in total. The zero-order valence-electron chi connectivity index (χ0n) is 18.5. The Labute approximate surface area is 176 Å². The summed E-state index contributed by atoms with van der Waals surface area (Å²) in [6.45, 7) is 3.66. The number of aromatic nitrogens is 1. The van der Waals surface area contributed by atoms with E-state index in [-0.39, 0.29) is 24.9 Å². The van der Waals surface area contributed by atoms with Crippen molar-refractivity contribution in [2.75, 3.05) is 0 Å². The number of esters is 1. The van der Waals surface area contributed by atoms with Crippen molar-refractivity contribution in [3.05, 3.63) is 23.0 Å². The molecule has 0 aliphatic rings. The number of aryl methyl sites for hydroxylation is 1. The smallest absolute Gasteiger partial charge is 0.306 e. The number of carbonyl (C=O) groups is 1. The summed E-state index contributed by atoms with van der Waals surface area (Å²) in [5, 5.41) is 19.4. The topological polar surface area (TPSA) is 79.7 Å². The van der Waals surface area contributed by atoms with Crippen molar-refractivity contribution in [1.82, 2.24) is 4.98 Å². The van der Waals surface area contributed by atoms with E-state index in [1.165, 1.54) is 76.8 Å². The molecule has 0 bridgehead atoms. The Kier molecular flexibility index (Phi) is 14.2. The van der Waals surface area contributed by atoms with E-state index in [1.54, 1.807) is 6.92 Å². The van der Waals surface area contributed by atoms with E-state index >= 15 is 0 Å². The Hall–Kier alpha value is -1.62. The number of hydrogen-bond donors (Lipinski definition) is 2. The van der Waals surface area contributed by atoms with Gasteiger partial charge in [-0.05, 0) is 13.3 Å². The first-order valence-electron chi connectivity index (χ1n) is 11.5. The molecule has 0 spiro atoms. The monoisotopic (exact) mass is 407 g/mol. The summed E-state index contributed by atoms with van der Waals surface area (Å²) in [5.41, 5.74) is 1.39. The van der Waals surface area contributed by atoms with E-state index in [2.05, 4.69) is 11.9 Å². The van der Waals surface area contributed by atoms with Crippen LogP contribution >= 0.6 is 0 Å². The predicted octanol–water partition coefficient (Wildman–Crippen LogP) is 6.11. The lowest BCUT2D eigenvalue weighted by molar-refractivity contribution is -0.145. The summed E-state index contributed by atoms with van der Waals surface area (Å²) < 4.78 is 5.28. The van der Waals surface area contributed by atoms with Gasteiger partial charge in [0.05, 0.1) is 12.3 Å². The fourth-order valence-corrected chi connectivity index (χ4v) is 3.49. The van der Waals surface area contributed by atoms with Crippen LogP contribution in [0.2, 0.25) is 0 Å². The van der Waals surface area contributed by atoms with Gasteiger partial charge in [0.15, 0.2) is 0 Å². The van der Waals surface area contributed by atoms with Gasteiger partial charge in [-0.1, -0.05) is 84.0 Å². The fraction of sp³-hybridized carbons (Fsp3) is 0.750. The second-order valence-electron chi connectivity index (χ2n) is 8.01. The minimum Gasteiger partial charge on any atom is -0.506 e. The van der Waals surface area contributed by atoms with Gasteiger partial charge in [0.25, 0.3) is 0 Å². The summed E-state index contributed by atoms with van der Waals surface area (Å²) in [5.74, 6) is -0.267. The molecule has 0 fully saturated rings. The van der Waals surface area contributed by atoms with Gasteiger partial charge in [-0.2, -0.15) is 0 Å². The van der Waals surface area contributed by atoms with Crippen LogP contribution in [0.25, 0.3) is 0 Å². The minimum absolute atomic E-state index is 0.00897. The Balaban J connectivity index is 2.02. The second-order valence-corrected chi connectivity index (χ2v) is 8.01. The molecule has 0 aromatic carbocycles. The number of aliphatic hydroxyl groups excluding tert-OH is 1. The second kappa shape index (κ2) is 16.2. The summed E-state index contributed by atoms with van der Waals surface area (Å²) in [6.07, 6.45) is 18.4. The molecular formula is C24H41NO4. The zero-order valence-corrected chi connectivity index (χ0v) is 18.5. The van der Waals surface area contributed by atoms with Crippen LogP contribution in [-0.4, -0.2) is 21.2 Å². The SMILES string of the molecule is CCCCCCCCCCCCCCCC(=O)OCc1c(CO)cnc(C)c1O. The van der Waals surface area contributed by atoms with Gasteiger partial charge in [0, 0.05) is 23.7 Å². The first kappa shape index (κ1) is 25.4. The first-order valence-corrected chi connectivity index (χ1v) is 11.5. The molecule has 0 amide bonds. The third-order valence-corrected chi connectivity index (χ3v) is 5.46. The van der Waals surface area contributed by atoms with Gasteiger partial charge in [0.2, 0.25) is 0 Å².